The quantitative estimate of drug-likeness (QED) is 0.828. The van der Waals surface area contributed by atoms with Gasteiger partial charge in [-0.25, -0.2) is 4.98 Å². The summed E-state index contributed by atoms with van der Waals surface area (Å²) in [5.41, 5.74) is 4.11. The van der Waals surface area contributed by atoms with Gasteiger partial charge in [-0.15, -0.1) is 0 Å². The van der Waals surface area contributed by atoms with Gasteiger partial charge in [0.15, 0.2) is 0 Å². The van der Waals surface area contributed by atoms with Crippen molar-refractivity contribution < 1.29 is 18.0 Å². The molecule has 0 saturated carbocycles. The van der Waals surface area contributed by atoms with Crippen molar-refractivity contribution in [1.82, 2.24) is 9.88 Å². The number of hydrogen-bond donors (Lipinski definition) is 2. The molecule has 1 aliphatic rings. The number of nitrogens with two attached hydrogens (primary N) is 1. The number of pyridine rings is 1. The molecule has 114 valence electrons. The predicted octanol–water partition coefficient (Wildman–Crippen LogP) is 2.46. The summed E-state index contributed by atoms with van der Waals surface area (Å²) in [6.07, 6.45) is -3.96. The molecule has 21 heavy (non-hydrogen) atoms. The number of rotatable bonds is 3. The van der Waals surface area contributed by atoms with Crippen molar-refractivity contribution in [1.29, 1.82) is 0 Å². The maximum atomic E-state index is 12.9. The van der Waals surface area contributed by atoms with Crippen LogP contribution < -0.4 is 11.1 Å². The van der Waals surface area contributed by atoms with Gasteiger partial charge in [0, 0.05) is 13.2 Å². The van der Waals surface area contributed by atoms with Crippen molar-refractivity contribution in [2.75, 3.05) is 18.2 Å². The van der Waals surface area contributed by atoms with Crippen molar-refractivity contribution in [2.45, 2.75) is 6.18 Å². The predicted molar refractivity (Wildman–Crippen MR) is 74.3 cm³/mol. The highest BCUT2D eigenvalue weighted by molar-refractivity contribution is 8.03. The van der Waals surface area contributed by atoms with E-state index in [1.165, 1.54) is 11.8 Å². The van der Waals surface area contributed by atoms with E-state index in [1.807, 2.05) is 0 Å². The first-order chi connectivity index (χ1) is 9.70. The summed E-state index contributed by atoms with van der Waals surface area (Å²) in [7, 11) is 1.62. The lowest BCUT2D eigenvalue weighted by molar-refractivity contribution is -0.137. The zero-order chi connectivity index (χ0) is 15.8. The second-order valence-corrected chi connectivity index (χ2v) is 5.53. The van der Waals surface area contributed by atoms with E-state index in [-0.39, 0.29) is 21.6 Å². The van der Waals surface area contributed by atoms with Gasteiger partial charge in [0.25, 0.3) is 5.91 Å². The Hall–Kier alpha value is -1.61. The molecular weight excluding hydrogens is 329 g/mol. The molecule has 10 heteroatoms. The van der Waals surface area contributed by atoms with E-state index in [9.17, 15) is 18.0 Å². The fraction of sp³-hybridized carbons (Fsp3) is 0.273. The van der Waals surface area contributed by atoms with Crippen molar-refractivity contribution in [3.05, 3.63) is 33.7 Å². The van der Waals surface area contributed by atoms with E-state index in [0.717, 1.165) is 6.07 Å². The van der Waals surface area contributed by atoms with Gasteiger partial charge >= 0.3 is 6.18 Å². The second-order valence-electron chi connectivity index (χ2n) is 4.19. The summed E-state index contributed by atoms with van der Waals surface area (Å²) >= 11 is 6.81. The Morgan fingerprint density at radius 1 is 1.57 bits per heavy atom. The molecule has 5 nitrogen and oxygen atoms in total. The molecule has 1 amide bonds. The van der Waals surface area contributed by atoms with Crippen LogP contribution in [0.15, 0.2) is 23.0 Å². The molecule has 0 atom stereocenters. The normalized spacial score (nSPS) is 15.6. The molecule has 0 fully saturated rings. The number of carbonyl (C=O) groups is 1. The average molecular weight is 339 g/mol. The summed E-state index contributed by atoms with van der Waals surface area (Å²) < 4.78 is 38.8. The lowest BCUT2D eigenvalue weighted by atomic mass is 10.2. The largest absolute Gasteiger partial charge is 0.419 e. The second kappa shape index (κ2) is 5.64. The number of nitrogens with zero attached hydrogens (tertiary/aromatic N) is 2. The SMILES string of the molecule is CN1CSC(Nc2cc(Cl)ncc2C(F)(F)F)=C1C(N)=O. The first kappa shape index (κ1) is 15.8. The van der Waals surface area contributed by atoms with Crippen molar-refractivity contribution in [2.24, 2.45) is 5.73 Å². The van der Waals surface area contributed by atoms with Crippen LogP contribution in [0.5, 0.6) is 0 Å². The molecule has 0 aromatic carbocycles. The molecule has 0 aliphatic carbocycles. The summed E-state index contributed by atoms with van der Waals surface area (Å²) in [6, 6.07) is 1.05. The minimum atomic E-state index is -4.59. The van der Waals surface area contributed by atoms with E-state index >= 15 is 0 Å². The molecule has 2 rings (SSSR count). The van der Waals surface area contributed by atoms with E-state index in [0.29, 0.717) is 12.1 Å². The van der Waals surface area contributed by atoms with Crippen LogP contribution >= 0.6 is 23.4 Å². The van der Waals surface area contributed by atoms with Gasteiger partial charge in [0.2, 0.25) is 0 Å². The van der Waals surface area contributed by atoms with E-state index in [2.05, 4.69) is 10.3 Å². The Kier molecular flexibility index (Phi) is 4.24. The molecule has 0 unspecified atom stereocenters. The number of anilines is 1. The Morgan fingerprint density at radius 3 is 2.81 bits per heavy atom. The zero-order valence-corrected chi connectivity index (χ0v) is 12.2. The number of alkyl halides is 3. The average Bonchev–Trinajstić information content (AvgIpc) is 2.68. The van der Waals surface area contributed by atoms with Gasteiger partial charge < -0.3 is 16.0 Å². The standard InChI is InChI=1S/C11H10ClF3N4OS/c1-19-4-21-10(8(19)9(16)20)18-6-2-7(12)17-3-5(6)11(13,14)15/h2-3H,4H2,1H3,(H2,16,20)(H,17,18). The zero-order valence-electron chi connectivity index (χ0n) is 10.7. The Balaban J connectivity index is 2.44. The Morgan fingerprint density at radius 2 is 2.24 bits per heavy atom. The van der Waals surface area contributed by atoms with Gasteiger partial charge in [-0.05, 0) is 6.07 Å². The van der Waals surface area contributed by atoms with Gasteiger partial charge in [-0.2, -0.15) is 13.2 Å². The van der Waals surface area contributed by atoms with Crippen LogP contribution in [0.2, 0.25) is 5.15 Å². The minimum Gasteiger partial charge on any atom is -0.364 e. The third-order valence-electron chi connectivity index (χ3n) is 2.66. The van der Waals surface area contributed by atoms with Crippen molar-refractivity contribution in [3.8, 4) is 0 Å². The molecule has 0 saturated heterocycles. The first-order valence-electron chi connectivity index (χ1n) is 5.58. The van der Waals surface area contributed by atoms with Crippen LogP contribution in [0.4, 0.5) is 18.9 Å². The molecule has 1 aromatic rings. The number of halogens is 4. The number of primary amides is 1. The van der Waals surface area contributed by atoms with E-state index in [4.69, 9.17) is 17.3 Å². The van der Waals surface area contributed by atoms with Crippen LogP contribution in [0.3, 0.4) is 0 Å². The maximum absolute atomic E-state index is 12.9. The number of thioether (sulfide) groups is 1. The maximum Gasteiger partial charge on any atom is 0.419 e. The van der Waals surface area contributed by atoms with Crippen LogP contribution in [0, 0.1) is 0 Å². The van der Waals surface area contributed by atoms with Gasteiger partial charge in [-0.1, -0.05) is 23.4 Å². The number of amides is 1. The smallest absolute Gasteiger partial charge is 0.364 e. The van der Waals surface area contributed by atoms with Crippen molar-refractivity contribution in [3.63, 3.8) is 0 Å². The molecule has 3 N–H and O–H groups in total. The monoisotopic (exact) mass is 338 g/mol. The highest BCUT2D eigenvalue weighted by atomic mass is 35.5. The van der Waals surface area contributed by atoms with Crippen LogP contribution in [0.1, 0.15) is 5.56 Å². The van der Waals surface area contributed by atoms with Crippen molar-refractivity contribution >= 4 is 35.0 Å². The van der Waals surface area contributed by atoms with E-state index in [1.54, 1.807) is 11.9 Å². The van der Waals surface area contributed by atoms with Crippen LogP contribution in [-0.4, -0.2) is 28.7 Å². The summed E-state index contributed by atoms with van der Waals surface area (Å²) in [5, 5.41) is 2.73. The summed E-state index contributed by atoms with van der Waals surface area (Å²) in [4.78, 5) is 16.3. The van der Waals surface area contributed by atoms with Crippen LogP contribution in [-0.2, 0) is 11.0 Å². The third-order valence-corrected chi connectivity index (χ3v) is 3.96. The number of hydrogen-bond acceptors (Lipinski definition) is 5. The number of carbonyl (C=O) groups excluding carboxylic acids is 1. The number of nitrogens with one attached hydrogen (secondary N) is 1. The molecule has 1 aromatic heterocycles. The molecular formula is C11H10ClF3N4OS. The van der Waals surface area contributed by atoms with Gasteiger partial charge in [0.05, 0.1) is 17.1 Å². The molecule has 0 spiro atoms. The van der Waals surface area contributed by atoms with E-state index < -0.39 is 17.6 Å². The number of likely N-dealkylation sites (N-methyl/N-ethyl adjacent to an activating group) is 1. The lowest BCUT2D eigenvalue weighted by Crippen LogP contribution is -2.26. The first-order valence-corrected chi connectivity index (χ1v) is 6.94. The van der Waals surface area contributed by atoms with Crippen LogP contribution in [0.25, 0.3) is 0 Å². The fourth-order valence-corrected chi connectivity index (χ4v) is 2.93. The summed E-state index contributed by atoms with van der Waals surface area (Å²) in [5.74, 6) is -0.320. The molecule has 0 radical (unpaired) electrons. The number of aromatic nitrogens is 1. The molecule has 0 bridgehead atoms. The van der Waals surface area contributed by atoms with Gasteiger partial charge in [-0.3, -0.25) is 4.79 Å². The Bertz CT molecular complexity index is 620. The van der Waals surface area contributed by atoms with Gasteiger partial charge in [0.1, 0.15) is 15.9 Å². The topological polar surface area (TPSA) is 71.2 Å². The highest BCUT2D eigenvalue weighted by Crippen LogP contribution is 2.38. The lowest BCUT2D eigenvalue weighted by Gasteiger charge is -2.15. The minimum absolute atomic E-state index is 0.0944. The highest BCUT2D eigenvalue weighted by Gasteiger charge is 2.35. The third kappa shape index (κ3) is 3.35. The Labute approximate surface area is 127 Å². The fourth-order valence-electron chi connectivity index (χ4n) is 1.74. The molecule has 1 aliphatic heterocycles. The summed E-state index contributed by atoms with van der Waals surface area (Å²) in [6.45, 7) is 0. The molecule has 2 heterocycles.